The van der Waals surface area contributed by atoms with Gasteiger partial charge in [0, 0.05) is 18.5 Å². The fourth-order valence-electron chi connectivity index (χ4n) is 5.28. The molecule has 1 spiro atoms. The van der Waals surface area contributed by atoms with Gasteiger partial charge in [0.1, 0.15) is 24.4 Å². The largest absolute Gasteiger partial charge is 0.485 e. The van der Waals surface area contributed by atoms with E-state index in [0.29, 0.717) is 18.7 Å². The zero-order chi connectivity index (χ0) is 22.8. The van der Waals surface area contributed by atoms with Crippen LogP contribution in [0.25, 0.3) is 0 Å². The van der Waals surface area contributed by atoms with E-state index in [4.69, 9.17) is 14.2 Å². The summed E-state index contributed by atoms with van der Waals surface area (Å²) in [6.45, 7) is 1.53. The van der Waals surface area contributed by atoms with E-state index in [0.717, 1.165) is 24.1 Å². The molecule has 1 aromatic carbocycles. The average Bonchev–Trinajstić information content (AvgIpc) is 3.01. The monoisotopic (exact) mass is 449 g/mol. The molecular formula is C22H27NO9. The third-order valence-corrected chi connectivity index (χ3v) is 6.98. The van der Waals surface area contributed by atoms with E-state index in [-0.39, 0.29) is 11.9 Å². The van der Waals surface area contributed by atoms with Crippen LogP contribution in [0.1, 0.15) is 24.0 Å². The molecule has 10 nitrogen and oxygen atoms in total. The van der Waals surface area contributed by atoms with Crippen LogP contribution in [0.3, 0.4) is 0 Å². The van der Waals surface area contributed by atoms with Gasteiger partial charge in [-0.25, -0.2) is 4.79 Å². The van der Waals surface area contributed by atoms with Crippen LogP contribution in [0.4, 0.5) is 0 Å². The van der Waals surface area contributed by atoms with Crippen LogP contribution in [0.5, 0.6) is 11.5 Å². The Hall–Kier alpha value is -2.21. The highest BCUT2D eigenvalue weighted by molar-refractivity contribution is 5.73. The Morgan fingerprint density at radius 3 is 2.72 bits per heavy atom. The Labute approximate surface area is 184 Å². The predicted molar refractivity (Wildman–Crippen MR) is 108 cm³/mol. The molecule has 0 aromatic heterocycles. The van der Waals surface area contributed by atoms with Crippen LogP contribution >= 0.6 is 0 Å². The molecule has 174 valence electrons. The summed E-state index contributed by atoms with van der Waals surface area (Å²) in [4.78, 5) is 13.6. The average molecular weight is 449 g/mol. The number of benzene rings is 1. The molecule has 5 rings (SSSR count). The van der Waals surface area contributed by atoms with Crippen molar-refractivity contribution >= 4 is 5.97 Å². The molecule has 1 aliphatic carbocycles. The van der Waals surface area contributed by atoms with Crippen molar-refractivity contribution in [2.75, 3.05) is 13.6 Å². The van der Waals surface area contributed by atoms with Crippen LogP contribution in [0.2, 0.25) is 0 Å². The maximum absolute atomic E-state index is 11.4. The van der Waals surface area contributed by atoms with E-state index in [2.05, 4.69) is 4.90 Å². The Bertz CT molecular complexity index is 952. The van der Waals surface area contributed by atoms with Gasteiger partial charge in [0.2, 0.25) is 6.29 Å². The molecule has 8 atom stereocenters. The van der Waals surface area contributed by atoms with Crippen molar-refractivity contribution in [1.82, 2.24) is 4.90 Å². The van der Waals surface area contributed by atoms with Crippen molar-refractivity contribution in [3.63, 3.8) is 0 Å². The minimum Gasteiger partial charge on any atom is -0.485 e. The molecule has 0 bridgehead atoms. The molecule has 1 unspecified atom stereocenters. The summed E-state index contributed by atoms with van der Waals surface area (Å²) in [5.41, 5.74) is 1.58. The second-order valence-corrected chi connectivity index (χ2v) is 9.08. The first-order chi connectivity index (χ1) is 15.2. The first kappa shape index (κ1) is 21.6. The molecule has 0 saturated carbocycles. The molecule has 3 aliphatic heterocycles. The van der Waals surface area contributed by atoms with Crippen LogP contribution in [0.15, 0.2) is 24.3 Å². The van der Waals surface area contributed by atoms with Crippen LogP contribution in [-0.4, -0.2) is 92.9 Å². The second kappa shape index (κ2) is 7.68. The molecule has 4 aliphatic rings. The summed E-state index contributed by atoms with van der Waals surface area (Å²) >= 11 is 0. The number of nitrogens with zero attached hydrogens (tertiary/aromatic N) is 1. The Balaban J connectivity index is 1.53. The molecule has 1 aromatic rings. The SMILES string of the molecule is CN1CC[C@@]23C=C[C@H](O)C[C@@H]2Oc2c(OC4O[C@H](C(=O)O)[C@@H](O)[C@H](O)[C@H]4O)ccc(c23)C1. The molecule has 3 heterocycles. The molecule has 0 radical (unpaired) electrons. The van der Waals surface area contributed by atoms with Gasteiger partial charge >= 0.3 is 5.97 Å². The zero-order valence-electron chi connectivity index (χ0n) is 17.5. The number of hydrogen-bond donors (Lipinski definition) is 5. The lowest BCUT2D eigenvalue weighted by molar-refractivity contribution is -0.271. The number of carbonyl (C=O) groups is 1. The Morgan fingerprint density at radius 2 is 1.97 bits per heavy atom. The van der Waals surface area contributed by atoms with E-state index in [9.17, 15) is 30.3 Å². The Kier molecular flexibility index (Phi) is 5.19. The predicted octanol–water partition coefficient (Wildman–Crippen LogP) is -0.887. The number of ether oxygens (including phenoxy) is 3. The highest BCUT2D eigenvalue weighted by Crippen LogP contribution is 2.56. The fourth-order valence-corrected chi connectivity index (χ4v) is 5.28. The van der Waals surface area contributed by atoms with Gasteiger partial charge in [-0.1, -0.05) is 18.2 Å². The highest BCUT2D eigenvalue weighted by atomic mass is 16.7. The lowest BCUT2D eigenvalue weighted by atomic mass is 9.69. The molecule has 1 saturated heterocycles. The van der Waals surface area contributed by atoms with E-state index in [1.54, 1.807) is 12.1 Å². The van der Waals surface area contributed by atoms with Gasteiger partial charge < -0.3 is 44.6 Å². The minimum absolute atomic E-state index is 0.238. The van der Waals surface area contributed by atoms with E-state index in [1.165, 1.54) is 0 Å². The summed E-state index contributed by atoms with van der Waals surface area (Å²) in [6.07, 6.45) is -4.42. The van der Waals surface area contributed by atoms with Crippen LogP contribution in [0, 0.1) is 0 Å². The summed E-state index contributed by atoms with van der Waals surface area (Å²) in [6, 6.07) is 3.57. The van der Waals surface area contributed by atoms with E-state index in [1.807, 2.05) is 19.2 Å². The molecule has 5 N–H and O–H groups in total. The fraction of sp³-hybridized carbons (Fsp3) is 0.591. The zero-order valence-corrected chi connectivity index (χ0v) is 17.5. The number of carboxylic acids is 1. The van der Waals surface area contributed by atoms with Crippen molar-refractivity contribution in [2.45, 2.75) is 67.7 Å². The van der Waals surface area contributed by atoms with Gasteiger partial charge in [0.15, 0.2) is 17.6 Å². The third-order valence-electron chi connectivity index (χ3n) is 6.98. The van der Waals surface area contributed by atoms with Crippen molar-refractivity contribution in [2.24, 2.45) is 0 Å². The molecule has 10 heteroatoms. The molecular weight excluding hydrogens is 422 g/mol. The number of aliphatic hydroxyl groups is 4. The smallest absolute Gasteiger partial charge is 0.335 e. The number of carboxylic acid groups (broad SMARTS) is 1. The van der Waals surface area contributed by atoms with E-state index < -0.39 is 48.2 Å². The number of aliphatic hydroxyl groups excluding tert-OH is 4. The molecule has 32 heavy (non-hydrogen) atoms. The van der Waals surface area contributed by atoms with Gasteiger partial charge in [0.25, 0.3) is 0 Å². The maximum Gasteiger partial charge on any atom is 0.335 e. The summed E-state index contributed by atoms with van der Waals surface area (Å²) in [5, 5.41) is 49.9. The second-order valence-electron chi connectivity index (χ2n) is 9.08. The van der Waals surface area contributed by atoms with Crippen molar-refractivity contribution in [3.05, 3.63) is 35.4 Å². The number of hydrogen-bond acceptors (Lipinski definition) is 9. The van der Waals surface area contributed by atoms with Gasteiger partial charge in [-0.3, -0.25) is 0 Å². The van der Waals surface area contributed by atoms with Gasteiger partial charge in [0.05, 0.1) is 11.5 Å². The van der Waals surface area contributed by atoms with Gasteiger partial charge in [-0.2, -0.15) is 0 Å². The van der Waals surface area contributed by atoms with Crippen molar-refractivity contribution < 1.29 is 44.5 Å². The van der Waals surface area contributed by atoms with Gasteiger partial charge in [-0.15, -0.1) is 0 Å². The van der Waals surface area contributed by atoms with Crippen molar-refractivity contribution in [3.8, 4) is 11.5 Å². The quantitative estimate of drug-likeness (QED) is 0.368. The van der Waals surface area contributed by atoms with E-state index >= 15 is 0 Å². The number of aliphatic carboxylic acids is 1. The summed E-state index contributed by atoms with van der Waals surface area (Å²) < 4.78 is 17.4. The third kappa shape index (κ3) is 3.21. The topological polar surface area (TPSA) is 149 Å². The standard InChI is InChI=1S/C22H27NO9/c1-23-7-6-22-5-4-11(24)8-13(22)31-18-12(3-2-10(9-23)14(18)22)30-21-17(27)15(25)16(26)19(32-21)20(28)29/h2-5,11,13,15-17,19,21,24-27H,6-9H2,1H3,(H,28,29)/t11-,13-,15-,16-,17+,19-,21?,22-/m0/s1. The first-order valence-electron chi connectivity index (χ1n) is 10.7. The lowest BCUT2D eigenvalue weighted by Crippen LogP contribution is -2.61. The maximum atomic E-state index is 11.4. The van der Waals surface area contributed by atoms with Crippen LogP contribution < -0.4 is 9.47 Å². The Morgan fingerprint density at radius 1 is 1.19 bits per heavy atom. The van der Waals surface area contributed by atoms with Crippen LogP contribution in [-0.2, 0) is 21.5 Å². The van der Waals surface area contributed by atoms with Crippen molar-refractivity contribution in [1.29, 1.82) is 0 Å². The molecule has 0 amide bonds. The van der Waals surface area contributed by atoms with Gasteiger partial charge in [-0.05, 0) is 31.6 Å². The first-order valence-corrected chi connectivity index (χ1v) is 10.7. The summed E-state index contributed by atoms with van der Waals surface area (Å²) in [7, 11) is 2.04. The number of rotatable bonds is 3. The normalized spacial score (nSPS) is 40.7. The lowest BCUT2D eigenvalue weighted by Gasteiger charge is -2.38. The summed E-state index contributed by atoms with van der Waals surface area (Å²) in [5.74, 6) is -0.779. The highest BCUT2D eigenvalue weighted by Gasteiger charge is 2.53. The molecule has 1 fully saturated rings. The minimum atomic E-state index is -1.80.